The molecular weight excluding hydrogens is 883 g/mol. The lowest BCUT2D eigenvalue weighted by Gasteiger charge is -2.34. The van der Waals surface area contributed by atoms with Gasteiger partial charge in [-0.25, -0.2) is 0 Å². The molecule has 0 spiro atoms. The summed E-state index contributed by atoms with van der Waals surface area (Å²) in [7, 11) is 0. The summed E-state index contributed by atoms with van der Waals surface area (Å²) < 4.78 is 6.65. The highest BCUT2D eigenvalue weighted by atomic mass is 16.3. The Morgan fingerprint density at radius 3 is 1.62 bits per heavy atom. The van der Waals surface area contributed by atoms with Gasteiger partial charge in [0.05, 0.1) is 16.8 Å². The molecule has 73 heavy (non-hydrogen) atoms. The maximum Gasteiger partial charge on any atom is 0.143 e. The number of nitrogens with zero attached hydrogens (tertiary/aromatic N) is 1. The van der Waals surface area contributed by atoms with E-state index in [0.29, 0.717) is 0 Å². The average Bonchev–Trinajstić information content (AvgIpc) is 4.01. The van der Waals surface area contributed by atoms with E-state index in [-0.39, 0.29) is 0 Å². The van der Waals surface area contributed by atoms with Crippen molar-refractivity contribution in [3.63, 3.8) is 0 Å². The first-order chi connectivity index (χ1) is 36.2. The van der Waals surface area contributed by atoms with Crippen LogP contribution in [0, 0.1) is 0 Å². The molecule has 2 nitrogen and oxygen atoms in total. The molecule has 2 heteroatoms. The predicted molar refractivity (Wildman–Crippen MR) is 305 cm³/mol. The highest BCUT2D eigenvalue weighted by molar-refractivity contribution is 6.16. The first-order valence-corrected chi connectivity index (χ1v) is 25.2. The molecule has 1 aromatic heterocycles. The Balaban J connectivity index is 0.987. The lowest BCUT2D eigenvalue weighted by atomic mass is 9.68. The van der Waals surface area contributed by atoms with Crippen LogP contribution in [-0.2, 0) is 5.41 Å². The van der Waals surface area contributed by atoms with Gasteiger partial charge in [0.2, 0.25) is 0 Å². The number of para-hydroxylation sites is 1. The number of fused-ring (bicyclic) bond motifs is 8. The second-order valence-electron chi connectivity index (χ2n) is 19.1. The van der Waals surface area contributed by atoms with Gasteiger partial charge in [0.25, 0.3) is 0 Å². The summed E-state index contributed by atoms with van der Waals surface area (Å²) in [5.74, 6) is 0. The van der Waals surface area contributed by atoms with E-state index in [1.54, 1.807) is 0 Å². The molecule has 0 bridgehead atoms. The normalized spacial score (nSPS) is 12.5. The van der Waals surface area contributed by atoms with Crippen LogP contribution < -0.4 is 4.90 Å². The monoisotopic (exact) mass is 929 g/mol. The van der Waals surface area contributed by atoms with Gasteiger partial charge in [-0.15, -0.1) is 0 Å². The number of hydrogen-bond acceptors (Lipinski definition) is 2. The lowest BCUT2D eigenvalue weighted by Crippen LogP contribution is -2.28. The molecule has 1 aliphatic rings. The van der Waals surface area contributed by atoms with E-state index in [1.165, 1.54) is 61.0 Å². The van der Waals surface area contributed by atoms with Gasteiger partial charge in [-0.2, -0.15) is 0 Å². The van der Waals surface area contributed by atoms with Crippen LogP contribution in [0.3, 0.4) is 0 Å². The van der Waals surface area contributed by atoms with Crippen LogP contribution in [0.4, 0.5) is 17.1 Å². The minimum absolute atomic E-state index is 0.556. The largest absolute Gasteiger partial charge is 0.455 e. The van der Waals surface area contributed by atoms with Gasteiger partial charge in [-0.3, -0.25) is 0 Å². The Bertz CT molecular complexity index is 4140. The van der Waals surface area contributed by atoms with Crippen molar-refractivity contribution < 1.29 is 4.42 Å². The Labute approximate surface area is 425 Å². The fourth-order valence-electron chi connectivity index (χ4n) is 11.9. The predicted octanol–water partition coefficient (Wildman–Crippen LogP) is 19.2. The number of benzene rings is 12. The fraction of sp³-hybridized carbons (Fsp3) is 0.0141. The highest BCUT2D eigenvalue weighted by Gasteiger charge is 2.47. The van der Waals surface area contributed by atoms with Crippen LogP contribution in [0.1, 0.15) is 22.3 Å². The number of furan rings is 1. The number of rotatable bonds is 9. The van der Waals surface area contributed by atoms with E-state index in [0.717, 1.165) is 66.6 Å². The maximum absolute atomic E-state index is 6.65. The second kappa shape index (κ2) is 17.4. The van der Waals surface area contributed by atoms with Crippen LogP contribution in [0.15, 0.2) is 290 Å². The van der Waals surface area contributed by atoms with Crippen molar-refractivity contribution in [2.45, 2.75) is 5.41 Å². The number of hydrogen-bond donors (Lipinski definition) is 0. The van der Waals surface area contributed by atoms with Gasteiger partial charge in [-0.1, -0.05) is 237 Å². The Morgan fingerprint density at radius 1 is 0.301 bits per heavy atom. The molecule has 0 fully saturated rings. The summed E-state index contributed by atoms with van der Waals surface area (Å²) in [6.45, 7) is 0. The minimum Gasteiger partial charge on any atom is -0.455 e. The van der Waals surface area contributed by atoms with Crippen molar-refractivity contribution in [2.24, 2.45) is 0 Å². The average molecular weight is 930 g/mol. The molecule has 0 atom stereocenters. The molecule has 342 valence electrons. The summed E-state index contributed by atoms with van der Waals surface area (Å²) >= 11 is 0. The van der Waals surface area contributed by atoms with E-state index in [9.17, 15) is 0 Å². The summed E-state index contributed by atoms with van der Waals surface area (Å²) in [5, 5.41) is 4.50. The van der Waals surface area contributed by atoms with Gasteiger partial charge >= 0.3 is 0 Å². The summed E-state index contributed by atoms with van der Waals surface area (Å²) in [6, 6.07) is 104. The molecular formula is C71H47NO. The Morgan fingerprint density at radius 2 is 0.877 bits per heavy atom. The molecule has 14 rings (SSSR count). The van der Waals surface area contributed by atoms with Crippen LogP contribution in [0.2, 0.25) is 0 Å². The van der Waals surface area contributed by atoms with Gasteiger partial charge in [-0.05, 0) is 121 Å². The minimum atomic E-state index is -0.556. The van der Waals surface area contributed by atoms with Crippen molar-refractivity contribution in [1.82, 2.24) is 0 Å². The van der Waals surface area contributed by atoms with E-state index >= 15 is 0 Å². The molecule has 0 N–H and O–H groups in total. The fourth-order valence-corrected chi connectivity index (χ4v) is 11.9. The van der Waals surface area contributed by atoms with E-state index in [4.69, 9.17) is 4.42 Å². The summed E-state index contributed by atoms with van der Waals surface area (Å²) in [5.41, 5.74) is 21.3. The van der Waals surface area contributed by atoms with E-state index < -0.39 is 5.41 Å². The van der Waals surface area contributed by atoms with Crippen molar-refractivity contribution in [3.05, 3.63) is 307 Å². The van der Waals surface area contributed by atoms with Gasteiger partial charge < -0.3 is 9.32 Å². The zero-order valence-corrected chi connectivity index (χ0v) is 40.0. The molecule has 0 amide bonds. The zero-order chi connectivity index (χ0) is 48.3. The third kappa shape index (κ3) is 6.87. The van der Waals surface area contributed by atoms with Crippen molar-refractivity contribution in [2.75, 3.05) is 4.90 Å². The van der Waals surface area contributed by atoms with E-state index in [1.807, 2.05) is 0 Å². The number of anilines is 3. The smallest absolute Gasteiger partial charge is 0.143 e. The molecule has 12 aromatic carbocycles. The molecule has 0 saturated carbocycles. The van der Waals surface area contributed by atoms with Crippen LogP contribution in [-0.4, -0.2) is 0 Å². The molecule has 0 unspecified atom stereocenters. The quantitative estimate of drug-likeness (QED) is 0.143. The van der Waals surface area contributed by atoms with Gasteiger partial charge in [0, 0.05) is 33.0 Å². The summed E-state index contributed by atoms with van der Waals surface area (Å²) in [4.78, 5) is 2.50. The van der Waals surface area contributed by atoms with Crippen molar-refractivity contribution >= 4 is 49.8 Å². The molecule has 13 aromatic rings. The molecule has 0 radical (unpaired) electrons. The third-order valence-electron chi connectivity index (χ3n) is 15.2. The van der Waals surface area contributed by atoms with Crippen LogP contribution >= 0.6 is 0 Å². The maximum atomic E-state index is 6.65. The third-order valence-corrected chi connectivity index (χ3v) is 15.2. The van der Waals surface area contributed by atoms with Crippen molar-refractivity contribution in [3.8, 4) is 55.6 Å². The highest BCUT2D eigenvalue weighted by Crippen LogP contribution is 2.60. The standard InChI is InChI=1S/C71H47NO/c1-5-20-49(21-6-1)57-43-39-52(46-62(57)50-22-7-2-8-23-50)48-36-41-56(42-37-48)72(66-34-18-16-29-58(66)53-40-45-68-63(47-53)60-44-38-51-24-13-14-30-59(51)70(60)73-68)67-35-19-33-65-69(67)61-31-15-17-32-64(61)71(65,54-25-9-3-10-26-54)55-27-11-4-12-28-55/h1-47H. The zero-order valence-electron chi connectivity index (χ0n) is 40.0. The van der Waals surface area contributed by atoms with Crippen molar-refractivity contribution in [1.29, 1.82) is 0 Å². The summed E-state index contributed by atoms with van der Waals surface area (Å²) in [6.07, 6.45) is 0. The van der Waals surface area contributed by atoms with E-state index in [2.05, 4.69) is 290 Å². The molecule has 0 aliphatic heterocycles. The molecule has 1 aliphatic carbocycles. The molecule has 1 heterocycles. The second-order valence-corrected chi connectivity index (χ2v) is 19.1. The van der Waals surface area contributed by atoms with Crippen LogP contribution in [0.25, 0.3) is 88.3 Å². The Hall–Kier alpha value is -9.50. The SMILES string of the molecule is c1ccc(-c2ccc(-c3ccc(N(c4ccccc4-c4ccc5oc6c7ccccc7ccc6c5c4)c4cccc5c4-c4ccccc4C5(c4ccccc4)c4ccccc4)cc3)cc2-c2ccccc2)cc1. The van der Waals surface area contributed by atoms with Gasteiger partial charge in [0.15, 0.2) is 0 Å². The molecule has 0 saturated heterocycles. The van der Waals surface area contributed by atoms with Gasteiger partial charge in [0.1, 0.15) is 11.2 Å². The Kier molecular flexibility index (Phi) is 10.1. The topological polar surface area (TPSA) is 16.4 Å². The lowest BCUT2D eigenvalue weighted by molar-refractivity contribution is 0.672. The first kappa shape index (κ1) is 42.4. The van der Waals surface area contributed by atoms with Crippen LogP contribution in [0.5, 0.6) is 0 Å². The first-order valence-electron chi connectivity index (χ1n) is 25.2.